The van der Waals surface area contributed by atoms with Crippen LogP contribution in [-0.2, 0) is 33.9 Å². The van der Waals surface area contributed by atoms with Gasteiger partial charge in [0.05, 0.1) is 35.6 Å². The second-order valence-electron chi connectivity index (χ2n) is 16.2. The Kier molecular flexibility index (Phi) is 11.0. The molecular weight excluding hydrogens is 728 g/mol. The van der Waals surface area contributed by atoms with Crippen molar-refractivity contribution in [1.82, 2.24) is 14.6 Å². The molecule has 294 valence electrons. The number of carbonyl (C=O) groups excluding carboxylic acids is 4. The van der Waals surface area contributed by atoms with Gasteiger partial charge in [-0.25, -0.2) is 13.4 Å². The third-order valence-corrected chi connectivity index (χ3v) is 13.3. The Labute approximate surface area is 313 Å². The van der Waals surface area contributed by atoms with Crippen molar-refractivity contribution < 1.29 is 50.2 Å². The van der Waals surface area contributed by atoms with Gasteiger partial charge < -0.3 is 14.4 Å². The second-order valence-corrected chi connectivity index (χ2v) is 18.2. The minimum Gasteiger partial charge on any atom is -0.472 e. The number of hydrogen-bond donors (Lipinski definition) is 1. The molecule has 1 saturated heterocycles. The van der Waals surface area contributed by atoms with E-state index in [4.69, 9.17) is 9.47 Å². The van der Waals surface area contributed by atoms with Gasteiger partial charge in [0.2, 0.25) is 33.3 Å². The summed E-state index contributed by atoms with van der Waals surface area (Å²) in [7, 11) is -3.91. The van der Waals surface area contributed by atoms with Crippen LogP contribution in [0.5, 0.6) is 5.88 Å². The maximum atomic E-state index is 14.7. The zero-order valence-electron chi connectivity index (χ0n) is 30.9. The minimum absolute atomic E-state index is 0.0110. The Morgan fingerprint density at radius 1 is 1.06 bits per heavy atom. The smallest absolute Gasteiger partial charge is 0.427 e. The van der Waals surface area contributed by atoms with Gasteiger partial charge in [-0.05, 0) is 87.6 Å². The summed E-state index contributed by atoms with van der Waals surface area (Å²) < 4.78 is 80.3. The Bertz CT molecular complexity index is 1930. The van der Waals surface area contributed by atoms with Gasteiger partial charge in [-0.2, -0.15) is 13.2 Å². The highest BCUT2D eigenvalue weighted by molar-refractivity contribution is 7.90. The summed E-state index contributed by atoms with van der Waals surface area (Å²) in [5, 5.41) is 0.909. The number of sulfonamides is 1. The number of hydrogen-bond acceptors (Lipinski definition) is 9. The van der Waals surface area contributed by atoms with Crippen LogP contribution in [-0.4, -0.2) is 77.6 Å². The standard InChI is InChI=1S/C39H48F3N3O8S/c1-23-9-5-7-11-26-20-38(26,36(49)44-54(50,51)28-13-14-28)21-32(46)31-18-27(52-34-29-12-8-6-10-25(29)15-16-43-34)22-45(31)35(48)30(24(2)17-23)19-33(47)53-37(3,4)39(40,41)42/h6-8,10-12,15-16,23-24,26-28,30-31H,5,9,13-14,17-22H2,1-4H3,(H,44,49)/b11-7-/t23-,24-,26-,27-,30+,31+,38-/m1/s1. The van der Waals surface area contributed by atoms with Crippen LogP contribution >= 0.6 is 0 Å². The predicted molar refractivity (Wildman–Crippen MR) is 192 cm³/mol. The van der Waals surface area contributed by atoms with Crippen LogP contribution in [0.4, 0.5) is 13.2 Å². The first-order chi connectivity index (χ1) is 25.3. The zero-order valence-corrected chi connectivity index (χ0v) is 31.8. The fourth-order valence-electron chi connectivity index (χ4n) is 7.89. The van der Waals surface area contributed by atoms with Gasteiger partial charge in [-0.15, -0.1) is 0 Å². The summed E-state index contributed by atoms with van der Waals surface area (Å²) >= 11 is 0. The monoisotopic (exact) mass is 775 g/mol. The molecule has 54 heavy (non-hydrogen) atoms. The van der Waals surface area contributed by atoms with Crippen molar-refractivity contribution in [3.63, 3.8) is 0 Å². The molecule has 3 fully saturated rings. The van der Waals surface area contributed by atoms with Crippen LogP contribution in [0, 0.1) is 29.1 Å². The lowest BCUT2D eigenvalue weighted by atomic mass is 9.82. The van der Waals surface area contributed by atoms with Crippen LogP contribution in [0.3, 0.4) is 0 Å². The summed E-state index contributed by atoms with van der Waals surface area (Å²) in [5.74, 6) is -4.74. The van der Waals surface area contributed by atoms with E-state index in [1.54, 1.807) is 13.1 Å². The van der Waals surface area contributed by atoms with Gasteiger partial charge in [-0.1, -0.05) is 44.2 Å². The summed E-state index contributed by atoms with van der Waals surface area (Å²) in [4.78, 5) is 61.9. The first-order valence-electron chi connectivity index (χ1n) is 18.7. The maximum Gasteiger partial charge on any atom is 0.427 e. The van der Waals surface area contributed by atoms with Gasteiger partial charge in [0.25, 0.3) is 0 Å². The number of carbonyl (C=O) groups is 4. The number of nitrogens with zero attached hydrogens (tertiary/aromatic N) is 2. The maximum absolute atomic E-state index is 14.7. The fraction of sp³-hybridized carbons (Fsp3) is 0.615. The number of pyridine rings is 1. The van der Waals surface area contributed by atoms with Crippen molar-refractivity contribution in [1.29, 1.82) is 0 Å². The number of amides is 2. The van der Waals surface area contributed by atoms with Gasteiger partial charge >= 0.3 is 12.1 Å². The SMILES string of the molecule is C[C@@H]1CC/C=C\[C@@H]2C[C@@]2(C(=O)NS(=O)(=O)C2CC2)CC(=O)[C@@H]2C[C@@H](Oc3nccc4ccccc34)CN2C(=O)[C@@H](CC(=O)OC(C)(C)C(F)(F)F)[C@H](C)C1. The molecule has 15 heteroatoms. The van der Waals surface area contributed by atoms with Gasteiger partial charge in [-0.3, -0.25) is 23.9 Å². The molecule has 2 aliphatic carbocycles. The fourth-order valence-corrected chi connectivity index (χ4v) is 9.28. The normalized spacial score (nSPS) is 30.4. The molecule has 0 bridgehead atoms. The Morgan fingerprint density at radius 3 is 2.48 bits per heavy atom. The number of fused-ring (bicyclic) bond motifs is 3. The average molecular weight is 776 g/mol. The number of esters is 1. The molecule has 2 aromatic rings. The average Bonchev–Trinajstić information content (AvgIpc) is 4.01. The molecule has 0 radical (unpaired) electrons. The largest absolute Gasteiger partial charge is 0.472 e. The van der Waals surface area contributed by atoms with Crippen molar-refractivity contribution >= 4 is 44.4 Å². The summed E-state index contributed by atoms with van der Waals surface area (Å²) in [6.45, 7) is 5.14. The molecule has 1 aromatic heterocycles. The third-order valence-electron chi connectivity index (χ3n) is 11.5. The van der Waals surface area contributed by atoms with Crippen molar-refractivity contribution in [2.75, 3.05) is 6.54 Å². The van der Waals surface area contributed by atoms with Gasteiger partial charge in [0.1, 0.15) is 6.10 Å². The lowest BCUT2D eigenvalue weighted by Crippen LogP contribution is -2.48. The molecule has 1 N–H and O–H groups in total. The second kappa shape index (κ2) is 14.9. The molecular formula is C39H48F3N3O8S. The molecule has 0 unspecified atom stereocenters. The number of ether oxygens (including phenoxy) is 2. The van der Waals surface area contributed by atoms with Gasteiger partial charge in [0.15, 0.2) is 5.78 Å². The highest BCUT2D eigenvalue weighted by Gasteiger charge is 2.62. The lowest BCUT2D eigenvalue weighted by Gasteiger charge is -2.33. The number of rotatable bonds is 8. The Balaban J connectivity index is 1.34. The number of nitrogens with one attached hydrogen (secondary N) is 1. The van der Waals surface area contributed by atoms with Gasteiger partial charge in [0, 0.05) is 24.4 Å². The highest BCUT2D eigenvalue weighted by Crippen LogP contribution is 2.57. The lowest BCUT2D eigenvalue weighted by molar-refractivity contribution is -0.257. The van der Waals surface area contributed by atoms with Crippen LogP contribution in [0.1, 0.15) is 85.5 Å². The molecule has 7 atom stereocenters. The third kappa shape index (κ3) is 8.45. The van der Waals surface area contributed by atoms with E-state index in [2.05, 4.69) is 9.71 Å². The van der Waals surface area contributed by atoms with Crippen LogP contribution < -0.4 is 9.46 Å². The van der Waals surface area contributed by atoms with E-state index in [0.717, 1.165) is 19.2 Å². The summed E-state index contributed by atoms with van der Waals surface area (Å²) in [6.07, 6.45) is 1.66. The summed E-state index contributed by atoms with van der Waals surface area (Å²) in [5.41, 5.74) is -4.14. The molecule has 2 aliphatic heterocycles. The minimum atomic E-state index is -4.85. The Hall–Kier alpha value is -4.01. The van der Waals surface area contributed by atoms with E-state index < -0.39 is 92.4 Å². The number of aromatic nitrogens is 1. The van der Waals surface area contributed by atoms with Crippen molar-refractivity contribution in [2.45, 2.75) is 115 Å². The first-order valence-corrected chi connectivity index (χ1v) is 20.2. The predicted octanol–water partition coefficient (Wildman–Crippen LogP) is 6.06. The number of halogens is 3. The molecule has 1 aromatic carbocycles. The van der Waals surface area contributed by atoms with Crippen molar-refractivity contribution in [3.8, 4) is 5.88 Å². The molecule has 6 rings (SSSR count). The van der Waals surface area contributed by atoms with E-state index in [1.807, 2.05) is 49.4 Å². The molecule has 0 spiro atoms. The van der Waals surface area contributed by atoms with Crippen LogP contribution in [0.2, 0.25) is 0 Å². The van der Waals surface area contributed by atoms with Crippen LogP contribution in [0.25, 0.3) is 10.8 Å². The number of benzene rings is 1. The molecule has 11 nitrogen and oxygen atoms in total. The number of alkyl halides is 3. The van der Waals surface area contributed by atoms with E-state index in [1.165, 1.54) is 4.90 Å². The zero-order chi connectivity index (χ0) is 39.2. The summed E-state index contributed by atoms with van der Waals surface area (Å²) in [6, 6.07) is 8.08. The van der Waals surface area contributed by atoms with Crippen LogP contribution in [0.15, 0.2) is 48.7 Å². The number of ketones is 1. The quantitative estimate of drug-likeness (QED) is 0.250. The van der Waals surface area contributed by atoms with Crippen molar-refractivity contribution in [3.05, 3.63) is 48.7 Å². The Morgan fingerprint density at radius 2 is 1.78 bits per heavy atom. The number of allylic oxidation sites excluding steroid dienone is 2. The van der Waals surface area contributed by atoms with Crippen molar-refractivity contribution in [2.24, 2.45) is 29.1 Å². The molecule has 4 aliphatic rings. The molecule has 2 saturated carbocycles. The first kappa shape index (κ1) is 39.7. The van der Waals surface area contributed by atoms with E-state index in [-0.39, 0.29) is 37.6 Å². The highest BCUT2D eigenvalue weighted by atomic mass is 32.2. The molecule has 2 amide bonds. The van der Waals surface area contributed by atoms with E-state index >= 15 is 0 Å². The topological polar surface area (TPSA) is 149 Å². The molecule has 3 heterocycles. The van der Waals surface area contributed by atoms with E-state index in [9.17, 15) is 40.8 Å². The number of Topliss-reactive ketones (excluding diaryl/α,β-unsaturated/α-hetero) is 1. The van der Waals surface area contributed by atoms with E-state index in [0.29, 0.717) is 37.5 Å².